The molecule has 0 bridgehead atoms. The Labute approximate surface area is 176 Å². The van der Waals surface area contributed by atoms with Gasteiger partial charge in [-0.2, -0.15) is 0 Å². The summed E-state index contributed by atoms with van der Waals surface area (Å²) in [4.78, 5) is 25.3. The number of rotatable bonds is 7. The molecule has 30 heavy (non-hydrogen) atoms. The third-order valence-corrected chi connectivity index (χ3v) is 5.16. The van der Waals surface area contributed by atoms with Crippen LogP contribution in [0.25, 0.3) is 22.1 Å². The Morgan fingerprint density at radius 3 is 2.27 bits per heavy atom. The Kier molecular flexibility index (Phi) is 6.30. The zero-order chi connectivity index (χ0) is 22.0. The zero-order valence-corrected chi connectivity index (χ0v) is 17.9. The number of hydrogen-bond acceptors (Lipinski definition) is 5. The van der Waals surface area contributed by atoms with E-state index in [2.05, 4.69) is 13.8 Å². The molecule has 0 saturated carbocycles. The molecule has 0 radical (unpaired) electrons. The predicted octanol–water partition coefficient (Wildman–Crippen LogP) is 5.69. The number of ketones is 1. The highest BCUT2D eigenvalue weighted by molar-refractivity contribution is 6.11. The first-order chi connectivity index (χ1) is 14.2. The Morgan fingerprint density at radius 2 is 1.67 bits per heavy atom. The van der Waals surface area contributed by atoms with E-state index in [0.717, 1.165) is 6.42 Å². The summed E-state index contributed by atoms with van der Waals surface area (Å²) in [5.41, 5.74) is 1.04. The van der Waals surface area contributed by atoms with Gasteiger partial charge in [-0.3, -0.25) is 4.79 Å². The van der Waals surface area contributed by atoms with Crippen LogP contribution in [-0.2, 0) is 6.42 Å². The van der Waals surface area contributed by atoms with Gasteiger partial charge in [-0.25, -0.2) is 4.79 Å². The maximum absolute atomic E-state index is 12.9. The summed E-state index contributed by atoms with van der Waals surface area (Å²) in [6, 6.07) is 10.5. The van der Waals surface area contributed by atoms with Gasteiger partial charge in [0.2, 0.25) is 0 Å². The number of Topliss-reactive ketones (excluding diaryl/α,β-unsaturated/α-hetero) is 1. The summed E-state index contributed by atoms with van der Waals surface area (Å²) in [5.74, 6) is -0.567. The van der Waals surface area contributed by atoms with E-state index >= 15 is 0 Å². The van der Waals surface area contributed by atoms with Crippen molar-refractivity contribution in [2.75, 3.05) is 0 Å². The molecular weight excluding hydrogens is 380 g/mol. The Balaban J connectivity index is 2.41. The molecule has 0 aliphatic carbocycles. The SMILES string of the molecule is CC(C)CCc1c(O)c(C(=O)CC(C)C)c(O)c2c(-c3ccccc3)cc(=O)oc12. The van der Waals surface area contributed by atoms with E-state index in [9.17, 15) is 19.8 Å². The molecular formula is C25H28O5. The summed E-state index contributed by atoms with van der Waals surface area (Å²) in [6.07, 6.45) is 1.33. The fourth-order valence-corrected chi connectivity index (χ4v) is 3.68. The topological polar surface area (TPSA) is 87.7 Å². The van der Waals surface area contributed by atoms with Crippen molar-refractivity contribution in [1.82, 2.24) is 0 Å². The van der Waals surface area contributed by atoms with Gasteiger partial charge in [-0.15, -0.1) is 0 Å². The van der Waals surface area contributed by atoms with Crippen molar-refractivity contribution in [3.8, 4) is 22.6 Å². The fourth-order valence-electron chi connectivity index (χ4n) is 3.68. The third kappa shape index (κ3) is 4.25. The molecule has 0 spiro atoms. The van der Waals surface area contributed by atoms with Gasteiger partial charge >= 0.3 is 5.63 Å². The molecule has 0 fully saturated rings. The number of hydrogen-bond donors (Lipinski definition) is 2. The van der Waals surface area contributed by atoms with Crippen molar-refractivity contribution >= 4 is 16.8 Å². The summed E-state index contributed by atoms with van der Waals surface area (Å²) in [7, 11) is 0. The van der Waals surface area contributed by atoms with E-state index in [1.807, 2.05) is 44.2 Å². The van der Waals surface area contributed by atoms with Crippen molar-refractivity contribution in [3.63, 3.8) is 0 Å². The Morgan fingerprint density at radius 1 is 1.00 bits per heavy atom. The van der Waals surface area contributed by atoms with Crippen LogP contribution in [0.2, 0.25) is 0 Å². The molecule has 0 aliphatic heterocycles. The molecule has 2 N–H and O–H groups in total. The molecule has 5 heteroatoms. The van der Waals surface area contributed by atoms with Gasteiger partial charge in [0.15, 0.2) is 5.78 Å². The minimum Gasteiger partial charge on any atom is -0.507 e. The van der Waals surface area contributed by atoms with Crippen LogP contribution in [0.4, 0.5) is 0 Å². The average Bonchev–Trinajstić information content (AvgIpc) is 2.67. The summed E-state index contributed by atoms with van der Waals surface area (Å²) < 4.78 is 5.48. The lowest BCUT2D eigenvalue weighted by Gasteiger charge is -2.17. The number of phenolic OH excluding ortho intramolecular Hbond substituents is 2. The van der Waals surface area contributed by atoms with Gasteiger partial charge in [0.1, 0.15) is 22.6 Å². The summed E-state index contributed by atoms with van der Waals surface area (Å²) >= 11 is 0. The number of carbonyl (C=O) groups excluding carboxylic acids is 1. The second kappa shape index (κ2) is 8.74. The molecule has 158 valence electrons. The molecule has 0 atom stereocenters. The van der Waals surface area contributed by atoms with Crippen LogP contribution in [0.3, 0.4) is 0 Å². The molecule has 3 rings (SSSR count). The largest absolute Gasteiger partial charge is 0.507 e. The Bertz CT molecular complexity index is 1120. The normalized spacial score (nSPS) is 11.5. The van der Waals surface area contributed by atoms with E-state index in [1.165, 1.54) is 6.07 Å². The first-order valence-electron chi connectivity index (χ1n) is 10.3. The maximum atomic E-state index is 12.9. The van der Waals surface area contributed by atoms with Gasteiger partial charge in [-0.05, 0) is 30.2 Å². The molecule has 3 aromatic rings. The average molecular weight is 408 g/mol. The first-order valence-corrected chi connectivity index (χ1v) is 10.3. The van der Waals surface area contributed by atoms with E-state index in [1.54, 1.807) is 0 Å². The molecule has 0 unspecified atom stereocenters. The molecule has 1 heterocycles. The summed E-state index contributed by atoms with van der Waals surface area (Å²) in [6.45, 7) is 7.91. The van der Waals surface area contributed by atoms with Crippen LogP contribution in [0.5, 0.6) is 11.5 Å². The quantitative estimate of drug-likeness (QED) is 0.387. The summed E-state index contributed by atoms with van der Waals surface area (Å²) in [5, 5.41) is 22.4. The number of benzene rings is 2. The van der Waals surface area contributed by atoms with Crippen molar-refractivity contribution in [3.05, 3.63) is 57.9 Å². The van der Waals surface area contributed by atoms with Crippen molar-refractivity contribution < 1.29 is 19.4 Å². The number of fused-ring (bicyclic) bond motifs is 1. The standard InChI is InChI=1S/C25H28O5/c1-14(2)10-11-17-23(28)22(19(26)12-15(3)4)24(29)21-18(13-20(27)30-25(17)21)16-8-6-5-7-9-16/h5-9,13-15,28-29H,10-12H2,1-4H3. The van der Waals surface area contributed by atoms with Crippen LogP contribution in [0.15, 0.2) is 45.6 Å². The first kappa shape index (κ1) is 21.6. The predicted molar refractivity (Wildman–Crippen MR) is 118 cm³/mol. The van der Waals surface area contributed by atoms with Crippen molar-refractivity contribution in [1.29, 1.82) is 0 Å². The minimum absolute atomic E-state index is 0.0633. The molecule has 2 aromatic carbocycles. The van der Waals surface area contributed by atoms with Crippen LogP contribution < -0.4 is 5.63 Å². The lowest BCUT2D eigenvalue weighted by atomic mass is 9.90. The van der Waals surface area contributed by atoms with E-state index in [0.29, 0.717) is 29.0 Å². The van der Waals surface area contributed by atoms with Crippen LogP contribution in [-0.4, -0.2) is 16.0 Å². The van der Waals surface area contributed by atoms with Crippen LogP contribution in [0, 0.1) is 11.8 Å². The minimum atomic E-state index is -0.577. The third-order valence-electron chi connectivity index (χ3n) is 5.16. The fraction of sp³-hybridized carbons (Fsp3) is 0.360. The van der Waals surface area contributed by atoms with E-state index < -0.39 is 5.63 Å². The number of aryl methyl sites for hydroxylation is 1. The Hall–Kier alpha value is -3.08. The smallest absolute Gasteiger partial charge is 0.336 e. The molecule has 5 nitrogen and oxygen atoms in total. The maximum Gasteiger partial charge on any atom is 0.336 e. The van der Waals surface area contributed by atoms with Gasteiger partial charge in [-0.1, -0.05) is 58.0 Å². The molecule has 0 saturated heterocycles. The van der Waals surface area contributed by atoms with Crippen molar-refractivity contribution in [2.45, 2.75) is 47.0 Å². The van der Waals surface area contributed by atoms with Gasteiger partial charge in [0.25, 0.3) is 0 Å². The van der Waals surface area contributed by atoms with Gasteiger partial charge in [0.05, 0.1) is 5.39 Å². The van der Waals surface area contributed by atoms with Gasteiger partial charge < -0.3 is 14.6 Å². The molecule has 0 aliphatic rings. The van der Waals surface area contributed by atoms with E-state index in [-0.39, 0.29) is 46.2 Å². The number of aromatic hydroxyl groups is 2. The number of carbonyl (C=O) groups is 1. The highest BCUT2D eigenvalue weighted by Crippen LogP contribution is 2.44. The molecule has 1 aromatic heterocycles. The molecule has 0 amide bonds. The lowest BCUT2D eigenvalue weighted by molar-refractivity contribution is 0.0962. The van der Waals surface area contributed by atoms with Crippen molar-refractivity contribution in [2.24, 2.45) is 11.8 Å². The van der Waals surface area contributed by atoms with Crippen LogP contribution in [0.1, 0.15) is 56.5 Å². The highest BCUT2D eigenvalue weighted by atomic mass is 16.4. The van der Waals surface area contributed by atoms with Crippen LogP contribution >= 0.6 is 0 Å². The number of phenols is 2. The zero-order valence-electron chi connectivity index (χ0n) is 17.9. The van der Waals surface area contributed by atoms with Gasteiger partial charge in [0, 0.05) is 23.6 Å². The lowest BCUT2D eigenvalue weighted by Crippen LogP contribution is -2.09. The second-order valence-corrected chi connectivity index (χ2v) is 8.55. The second-order valence-electron chi connectivity index (χ2n) is 8.55. The monoisotopic (exact) mass is 408 g/mol. The van der Waals surface area contributed by atoms with E-state index in [4.69, 9.17) is 4.42 Å². The highest BCUT2D eigenvalue weighted by Gasteiger charge is 2.28.